The largest absolute Gasteiger partial charge is 0.462 e. The van der Waals surface area contributed by atoms with Crippen molar-refractivity contribution in [2.45, 2.75) is 271 Å². The fraction of sp³-hybridized carbons (Fsp3) is 0.677. The van der Waals surface area contributed by atoms with Crippen molar-refractivity contribution in [2.75, 3.05) is 13.2 Å². The molecule has 0 amide bonds. The average molecular weight is 986 g/mol. The van der Waals surface area contributed by atoms with Gasteiger partial charge in [0.25, 0.3) is 0 Å². The lowest BCUT2D eigenvalue weighted by molar-refractivity contribution is -0.167. The van der Waals surface area contributed by atoms with Gasteiger partial charge in [0.15, 0.2) is 6.10 Å². The molecule has 0 heterocycles. The van der Waals surface area contributed by atoms with E-state index in [2.05, 4.69) is 130 Å². The van der Waals surface area contributed by atoms with Crippen LogP contribution in [0.3, 0.4) is 0 Å². The van der Waals surface area contributed by atoms with E-state index < -0.39 is 6.10 Å². The zero-order valence-corrected chi connectivity index (χ0v) is 46.2. The van der Waals surface area contributed by atoms with Crippen molar-refractivity contribution >= 4 is 17.9 Å². The van der Waals surface area contributed by atoms with Gasteiger partial charge in [0.2, 0.25) is 0 Å². The van der Waals surface area contributed by atoms with E-state index in [0.29, 0.717) is 12.8 Å². The molecule has 0 fully saturated rings. The van der Waals surface area contributed by atoms with E-state index in [1.807, 2.05) is 0 Å². The first-order chi connectivity index (χ1) is 35.0. The van der Waals surface area contributed by atoms with Gasteiger partial charge in [0.05, 0.1) is 0 Å². The van der Waals surface area contributed by atoms with Crippen molar-refractivity contribution in [2.24, 2.45) is 0 Å². The molecule has 1 atom stereocenters. The Labute approximate surface area is 438 Å². The third kappa shape index (κ3) is 56.9. The zero-order valence-electron chi connectivity index (χ0n) is 46.2. The number of carbonyl (C=O) groups is 3. The van der Waals surface area contributed by atoms with E-state index in [1.165, 1.54) is 83.5 Å². The van der Waals surface area contributed by atoms with Gasteiger partial charge >= 0.3 is 17.9 Å². The average Bonchev–Trinajstić information content (AvgIpc) is 3.37. The Hall–Kier alpha value is -3.93. The van der Waals surface area contributed by atoms with E-state index in [-0.39, 0.29) is 37.5 Å². The second-order valence-corrected chi connectivity index (χ2v) is 19.1. The summed E-state index contributed by atoms with van der Waals surface area (Å²) in [6.45, 7) is 6.31. The minimum absolute atomic E-state index is 0.0951. The molecule has 0 radical (unpaired) electrons. The number of unbranched alkanes of at least 4 members (excludes halogenated alkanes) is 23. The van der Waals surface area contributed by atoms with Crippen LogP contribution in [0.15, 0.2) is 109 Å². The molecule has 1 unspecified atom stereocenters. The molecular formula is C65H108O6. The number of rotatable bonds is 52. The molecule has 0 saturated carbocycles. The molecule has 0 bridgehead atoms. The lowest BCUT2D eigenvalue weighted by Crippen LogP contribution is -2.30. The highest BCUT2D eigenvalue weighted by Gasteiger charge is 2.19. The molecule has 6 nitrogen and oxygen atoms in total. The summed E-state index contributed by atoms with van der Waals surface area (Å²) >= 11 is 0. The molecule has 0 aliphatic carbocycles. The van der Waals surface area contributed by atoms with Crippen LogP contribution in [-0.2, 0) is 28.6 Å². The maximum atomic E-state index is 12.8. The topological polar surface area (TPSA) is 78.9 Å². The van der Waals surface area contributed by atoms with Crippen molar-refractivity contribution in [3.05, 3.63) is 109 Å². The van der Waals surface area contributed by atoms with E-state index in [1.54, 1.807) is 0 Å². The van der Waals surface area contributed by atoms with Crippen molar-refractivity contribution in [1.82, 2.24) is 0 Å². The van der Waals surface area contributed by atoms with Gasteiger partial charge in [-0.15, -0.1) is 0 Å². The summed E-state index contributed by atoms with van der Waals surface area (Å²) < 4.78 is 16.8. The second-order valence-electron chi connectivity index (χ2n) is 19.1. The van der Waals surface area contributed by atoms with Gasteiger partial charge in [-0.05, 0) is 116 Å². The normalized spacial score (nSPS) is 12.9. The SMILES string of the molecule is CC/C=C\C/C=C\C/C=C\C/C=C\CCCCCCCCCCCCCCCCC(=O)OCC(COC(=O)CCCCCCC/C=C\C/C=C\CCC)OC(=O)CCCCC/C=C\C/C=C\C/C=C\CC. The molecule has 0 aromatic heterocycles. The van der Waals surface area contributed by atoms with Gasteiger partial charge in [-0.1, -0.05) is 239 Å². The quantitative estimate of drug-likeness (QED) is 0.0261. The molecular weight excluding hydrogens is 877 g/mol. The van der Waals surface area contributed by atoms with E-state index in [0.717, 1.165) is 141 Å². The molecule has 404 valence electrons. The van der Waals surface area contributed by atoms with Crippen LogP contribution in [0, 0.1) is 0 Å². The second kappa shape index (κ2) is 58.6. The molecule has 0 saturated heterocycles. The van der Waals surface area contributed by atoms with Crippen LogP contribution in [0.5, 0.6) is 0 Å². The molecule has 0 aromatic carbocycles. The number of carbonyl (C=O) groups excluding carboxylic acids is 3. The number of hydrogen-bond acceptors (Lipinski definition) is 6. The number of allylic oxidation sites excluding steroid dienone is 18. The van der Waals surface area contributed by atoms with Crippen molar-refractivity contribution in [3.63, 3.8) is 0 Å². The summed E-state index contributed by atoms with van der Waals surface area (Å²) in [4.78, 5) is 38.1. The van der Waals surface area contributed by atoms with Crippen LogP contribution in [-0.4, -0.2) is 37.2 Å². The summed E-state index contributed by atoms with van der Waals surface area (Å²) in [6.07, 6.45) is 79.5. The predicted octanol–water partition coefficient (Wildman–Crippen LogP) is 19.9. The first-order valence-electron chi connectivity index (χ1n) is 29.4. The van der Waals surface area contributed by atoms with E-state index in [9.17, 15) is 14.4 Å². The van der Waals surface area contributed by atoms with Gasteiger partial charge in [0, 0.05) is 19.3 Å². The summed E-state index contributed by atoms with van der Waals surface area (Å²) in [5, 5.41) is 0. The Morgan fingerprint density at radius 2 is 0.549 bits per heavy atom. The highest BCUT2D eigenvalue weighted by molar-refractivity contribution is 5.71. The summed E-state index contributed by atoms with van der Waals surface area (Å²) in [6, 6.07) is 0. The number of esters is 3. The Bertz CT molecular complexity index is 1460. The lowest BCUT2D eigenvalue weighted by atomic mass is 10.0. The monoisotopic (exact) mass is 985 g/mol. The molecule has 0 aromatic rings. The smallest absolute Gasteiger partial charge is 0.306 e. The first kappa shape index (κ1) is 67.1. The van der Waals surface area contributed by atoms with Gasteiger partial charge in [-0.3, -0.25) is 14.4 Å². The van der Waals surface area contributed by atoms with Crippen LogP contribution < -0.4 is 0 Å². The lowest BCUT2D eigenvalue weighted by Gasteiger charge is -2.18. The van der Waals surface area contributed by atoms with Gasteiger partial charge in [0.1, 0.15) is 13.2 Å². The van der Waals surface area contributed by atoms with Gasteiger partial charge < -0.3 is 14.2 Å². The number of hydrogen-bond donors (Lipinski definition) is 0. The predicted molar refractivity (Wildman–Crippen MR) is 307 cm³/mol. The molecule has 0 rings (SSSR count). The third-order valence-electron chi connectivity index (χ3n) is 12.2. The molecule has 6 heteroatoms. The summed E-state index contributed by atoms with van der Waals surface area (Å²) in [5.74, 6) is -0.939. The van der Waals surface area contributed by atoms with Crippen molar-refractivity contribution in [1.29, 1.82) is 0 Å². The minimum Gasteiger partial charge on any atom is -0.462 e. The van der Waals surface area contributed by atoms with Crippen LogP contribution >= 0.6 is 0 Å². The molecule has 0 aliphatic heterocycles. The Morgan fingerprint density at radius 3 is 0.873 bits per heavy atom. The maximum absolute atomic E-state index is 12.8. The standard InChI is InChI=1S/C65H108O6/c1-4-7-10-13-16-19-22-25-26-27-28-29-30-31-32-33-34-35-36-37-38-41-43-46-49-52-55-58-64(67)70-61-62(71-65(68)59-56-53-50-47-44-40-24-21-18-15-12-9-6-3)60-69-63(66)57-54-51-48-45-42-39-23-20-17-14-11-8-5-2/h7,9-12,14,16,18-21,23,25-26,28-29,40,44,62H,4-6,8,13,15,17,22,24,27,30-39,41-43,45-61H2,1-3H3/b10-7-,12-9-,14-11-,19-16-,21-18-,23-20-,26-25-,29-28-,44-40-. The fourth-order valence-corrected chi connectivity index (χ4v) is 7.90. The first-order valence-corrected chi connectivity index (χ1v) is 29.4. The summed E-state index contributed by atoms with van der Waals surface area (Å²) in [5.41, 5.74) is 0. The van der Waals surface area contributed by atoms with Crippen LogP contribution in [0.1, 0.15) is 265 Å². The molecule has 0 N–H and O–H groups in total. The van der Waals surface area contributed by atoms with Crippen LogP contribution in [0.25, 0.3) is 0 Å². The van der Waals surface area contributed by atoms with Crippen molar-refractivity contribution in [3.8, 4) is 0 Å². The van der Waals surface area contributed by atoms with Crippen molar-refractivity contribution < 1.29 is 28.6 Å². The third-order valence-corrected chi connectivity index (χ3v) is 12.2. The van der Waals surface area contributed by atoms with Crippen LogP contribution in [0.4, 0.5) is 0 Å². The van der Waals surface area contributed by atoms with E-state index >= 15 is 0 Å². The Kier molecular flexibility index (Phi) is 55.4. The fourth-order valence-electron chi connectivity index (χ4n) is 7.90. The van der Waals surface area contributed by atoms with Crippen LogP contribution in [0.2, 0.25) is 0 Å². The molecule has 0 spiro atoms. The summed E-state index contributed by atoms with van der Waals surface area (Å²) in [7, 11) is 0. The zero-order chi connectivity index (χ0) is 51.4. The Morgan fingerprint density at radius 1 is 0.296 bits per heavy atom. The number of ether oxygens (including phenoxy) is 3. The Balaban J connectivity index is 4.26. The van der Waals surface area contributed by atoms with Gasteiger partial charge in [-0.2, -0.15) is 0 Å². The molecule has 71 heavy (non-hydrogen) atoms. The highest BCUT2D eigenvalue weighted by atomic mass is 16.6. The van der Waals surface area contributed by atoms with Gasteiger partial charge in [-0.25, -0.2) is 0 Å². The molecule has 0 aliphatic rings. The minimum atomic E-state index is -0.800. The maximum Gasteiger partial charge on any atom is 0.306 e. The highest BCUT2D eigenvalue weighted by Crippen LogP contribution is 2.15. The van der Waals surface area contributed by atoms with E-state index in [4.69, 9.17) is 14.2 Å².